The van der Waals surface area contributed by atoms with Gasteiger partial charge in [-0.15, -0.1) is 0 Å². The van der Waals surface area contributed by atoms with E-state index in [0.29, 0.717) is 11.3 Å². The summed E-state index contributed by atoms with van der Waals surface area (Å²) < 4.78 is 28.2. The summed E-state index contributed by atoms with van der Waals surface area (Å²) >= 11 is 0. The van der Waals surface area contributed by atoms with E-state index in [9.17, 15) is 13.2 Å². The molecule has 0 unspecified atom stereocenters. The molecule has 3 aromatic carbocycles. The number of fused-ring (bicyclic) bond motifs is 1. The molecule has 0 saturated carbocycles. The van der Waals surface area contributed by atoms with Gasteiger partial charge < -0.3 is 5.32 Å². The van der Waals surface area contributed by atoms with Crippen molar-refractivity contribution in [1.82, 2.24) is 4.31 Å². The summed E-state index contributed by atoms with van der Waals surface area (Å²) in [5, 5.41) is 11.7. The fraction of sp³-hybridized carbons (Fsp3) is 0.167. The van der Waals surface area contributed by atoms with Crippen molar-refractivity contribution in [2.75, 3.05) is 5.32 Å². The van der Waals surface area contributed by atoms with Crippen molar-refractivity contribution in [3.8, 4) is 6.07 Å². The molecule has 0 bridgehead atoms. The number of amides is 1. The highest BCUT2D eigenvalue weighted by molar-refractivity contribution is 7.89. The third-order valence-electron chi connectivity index (χ3n) is 5.42. The van der Waals surface area contributed by atoms with E-state index in [2.05, 4.69) is 5.32 Å². The molecule has 0 fully saturated rings. The maximum absolute atomic E-state index is 13.5. The van der Waals surface area contributed by atoms with Crippen LogP contribution in [0.25, 0.3) is 0 Å². The number of benzene rings is 3. The van der Waals surface area contributed by atoms with Gasteiger partial charge >= 0.3 is 0 Å². The lowest BCUT2D eigenvalue weighted by Crippen LogP contribution is -2.50. The molecule has 6 nitrogen and oxygen atoms in total. The summed E-state index contributed by atoms with van der Waals surface area (Å²) in [6.45, 7) is 2.01. The van der Waals surface area contributed by atoms with Crippen LogP contribution in [0.4, 0.5) is 5.69 Å². The number of rotatable bonds is 4. The molecule has 1 aliphatic heterocycles. The van der Waals surface area contributed by atoms with Crippen LogP contribution in [0.15, 0.2) is 77.7 Å². The Hall–Kier alpha value is -3.47. The number of hydrogen-bond acceptors (Lipinski definition) is 4. The third kappa shape index (κ3) is 4.22. The van der Waals surface area contributed by atoms with Gasteiger partial charge in [0.05, 0.1) is 16.5 Å². The first-order valence-corrected chi connectivity index (χ1v) is 11.3. The first-order chi connectivity index (χ1) is 14.9. The number of sulfonamides is 1. The number of hydrogen-bond donors (Lipinski definition) is 1. The molecule has 1 N–H and O–H groups in total. The minimum Gasteiger partial charge on any atom is -0.325 e. The Morgan fingerprint density at radius 3 is 2.29 bits per heavy atom. The van der Waals surface area contributed by atoms with Crippen LogP contribution in [-0.4, -0.2) is 24.7 Å². The van der Waals surface area contributed by atoms with Gasteiger partial charge in [0.15, 0.2) is 0 Å². The van der Waals surface area contributed by atoms with Crippen molar-refractivity contribution in [2.24, 2.45) is 0 Å². The highest BCUT2D eigenvalue weighted by Gasteiger charge is 2.39. The van der Waals surface area contributed by atoms with E-state index in [4.69, 9.17) is 5.26 Å². The zero-order valence-corrected chi connectivity index (χ0v) is 17.8. The Labute approximate surface area is 181 Å². The van der Waals surface area contributed by atoms with Crippen LogP contribution < -0.4 is 5.32 Å². The summed E-state index contributed by atoms with van der Waals surface area (Å²) in [6, 6.07) is 21.8. The maximum Gasteiger partial charge on any atom is 0.244 e. The average molecular weight is 432 g/mol. The second kappa shape index (κ2) is 8.34. The van der Waals surface area contributed by atoms with Crippen molar-refractivity contribution in [2.45, 2.75) is 30.8 Å². The summed E-state index contributed by atoms with van der Waals surface area (Å²) in [4.78, 5) is 13.4. The van der Waals surface area contributed by atoms with Gasteiger partial charge in [0.25, 0.3) is 0 Å². The van der Waals surface area contributed by atoms with Gasteiger partial charge in [0.1, 0.15) is 6.04 Å². The predicted octanol–water partition coefficient (Wildman–Crippen LogP) is 3.62. The molecule has 1 aliphatic rings. The second-order valence-electron chi connectivity index (χ2n) is 7.53. The molecular formula is C24H21N3O3S. The van der Waals surface area contributed by atoms with E-state index in [0.717, 1.165) is 16.7 Å². The summed E-state index contributed by atoms with van der Waals surface area (Å²) in [5.74, 6) is -0.408. The summed E-state index contributed by atoms with van der Waals surface area (Å²) in [7, 11) is -3.89. The van der Waals surface area contributed by atoms with Gasteiger partial charge in [-0.2, -0.15) is 9.57 Å². The minimum atomic E-state index is -3.89. The topological polar surface area (TPSA) is 90.3 Å². The van der Waals surface area contributed by atoms with Crippen LogP contribution in [0.3, 0.4) is 0 Å². The molecule has 7 heteroatoms. The van der Waals surface area contributed by atoms with Crippen LogP contribution in [0, 0.1) is 18.3 Å². The third-order valence-corrected chi connectivity index (χ3v) is 7.29. The molecule has 0 radical (unpaired) electrons. The maximum atomic E-state index is 13.5. The number of nitrogens with one attached hydrogen (secondary N) is 1. The highest BCUT2D eigenvalue weighted by atomic mass is 32.2. The van der Waals surface area contributed by atoms with Crippen LogP contribution in [0.1, 0.15) is 22.3 Å². The molecule has 4 rings (SSSR count). The lowest BCUT2D eigenvalue weighted by atomic mass is 9.95. The Morgan fingerprint density at radius 1 is 1.00 bits per heavy atom. The number of carbonyl (C=O) groups excluding carboxylic acids is 1. The van der Waals surface area contributed by atoms with Crippen molar-refractivity contribution in [1.29, 1.82) is 5.26 Å². The standard InChI is InChI=1S/C24H21N3O3S/c1-17-6-12-22(13-7-17)31(29,30)27-16-20-5-3-2-4-19(20)14-23(27)24(28)26-21-10-8-18(15-25)9-11-21/h2-13,23H,14,16H2,1H3,(H,26,28)/t23-/m1/s1. The number of nitriles is 1. The summed E-state index contributed by atoms with van der Waals surface area (Å²) in [5.41, 5.74) is 3.79. The molecule has 0 aliphatic carbocycles. The molecule has 0 aromatic heterocycles. The van der Waals surface area contributed by atoms with Crippen LogP contribution >= 0.6 is 0 Å². The van der Waals surface area contributed by atoms with Crippen LogP contribution in [0.2, 0.25) is 0 Å². The average Bonchev–Trinajstić information content (AvgIpc) is 2.79. The molecule has 3 aromatic rings. The van der Waals surface area contributed by atoms with Crippen LogP contribution in [0.5, 0.6) is 0 Å². The van der Waals surface area contributed by atoms with E-state index in [1.54, 1.807) is 48.5 Å². The van der Waals surface area contributed by atoms with Gasteiger partial charge in [0, 0.05) is 12.2 Å². The van der Waals surface area contributed by atoms with E-state index in [1.165, 1.54) is 4.31 Å². The Balaban J connectivity index is 1.69. The van der Waals surface area contributed by atoms with E-state index in [1.807, 2.05) is 37.3 Å². The number of anilines is 1. The van der Waals surface area contributed by atoms with Gasteiger partial charge in [0.2, 0.25) is 15.9 Å². The number of nitrogens with zero attached hydrogens (tertiary/aromatic N) is 2. The second-order valence-corrected chi connectivity index (χ2v) is 9.42. The largest absolute Gasteiger partial charge is 0.325 e. The SMILES string of the molecule is Cc1ccc(S(=O)(=O)N2Cc3ccccc3C[C@@H]2C(=O)Nc2ccc(C#N)cc2)cc1. The van der Waals surface area contributed by atoms with E-state index < -0.39 is 22.0 Å². The fourth-order valence-corrected chi connectivity index (χ4v) is 5.24. The highest BCUT2D eigenvalue weighted by Crippen LogP contribution is 2.30. The molecule has 1 heterocycles. The fourth-order valence-electron chi connectivity index (χ4n) is 3.67. The van der Waals surface area contributed by atoms with Crippen molar-refractivity contribution in [3.63, 3.8) is 0 Å². The Kier molecular flexibility index (Phi) is 5.59. The van der Waals surface area contributed by atoms with Gasteiger partial charge in [-0.1, -0.05) is 42.0 Å². The zero-order chi connectivity index (χ0) is 22.0. The van der Waals surface area contributed by atoms with Gasteiger partial charge in [-0.05, 0) is 60.9 Å². The molecule has 0 spiro atoms. The molecule has 156 valence electrons. The number of carbonyl (C=O) groups is 1. The predicted molar refractivity (Wildman–Crippen MR) is 118 cm³/mol. The normalized spacial score (nSPS) is 16.2. The molecule has 1 amide bonds. The molecule has 0 saturated heterocycles. The minimum absolute atomic E-state index is 0.123. The smallest absolute Gasteiger partial charge is 0.244 e. The van der Waals surface area contributed by atoms with Crippen molar-refractivity contribution < 1.29 is 13.2 Å². The van der Waals surface area contributed by atoms with E-state index >= 15 is 0 Å². The first-order valence-electron chi connectivity index (χ1n) is 9.85. The monoisotopic (exact) mass is 431 g/mol. The first kappa shape index (κ1) is 20.8. The quantitative estimate of drug-likeness (QED) is 0.683. The summed E-state index contributed by atoms with van der Waals surface area (Å²) in [6.07, 6.45) is 0.281. The van der Waals surface area contributed by atoms with Crippen molar-refractivity contribution >= 4 is 21.6 Å². The van der Waals surface area contributed by atoms with E-state index in [-0.39, 0.29) is 17.9 Å². The molecular weight excluding hydrogens is 410 g/mol. The molecule has 31 heavy (non-hydrogen) atoms. The van der Waals surface area contributed by atoms with Crippen molar-refractivity contribution in [3.05, 3.63) is 95.1 Å². The van der Waals surface area contributed by atoms with Crippen LogP contribution in [-0.2, 0) is 27.8 Å². The lowest BCUT2D eigenvalue weighted by molar-refractivity contribution is -0.120. The Morgan fingerprint density at radius 2 is 1.65 bits per heavy atom. The molecule has 1 atom stereocenters. The number of aryl methyl sites for hydroxylation is 1. The Bertz CT molecular complexity index is 1260. The lowest BCUT2D eigenvalue weighted by Gasteiger charge is -2.35. The van der Waals surface area contributed by atoms with Gasteiger partial charge in [-0.25, -0.2) is 8.42 Å². The zero-order valence-electron chi connectivity index (χ0n) is 16.9. The van der Waals surface area contributed by atoms with Gasteiger partial charge in [-0.3, -0.25) is 4.79 Å².